The summed E-state index contributed by atoms with van der Waals surface area (Å²) in [5.41, 5.74) is 4.73. The minimum Gasteiger partial charge on any atom is -0.393 e. The molecule has 0 aromatic heterocycles. The van der Waals surface area contributed by atoms with Crippen molar-refractivity contribution in [2.24, 2.45) is 5.73 Å². The Morgan fingerprint density at radius 2 is 1.93 bits per heavy atom. The fourth-order valence-corrected chi connectivity index (χ4v) is 2.10. The van der Waals surface area contributed by atoms with Crippen LogP contribution in [-0.4, -0.2) is 25.5 Å². The van der Waals surface area contributed by atoms with Crippen molar-refractivity contribution >= 4 is 27.4 Å². The summed E-state index contributed by atoms with van der Waals surface area (Å²) in [5.74, 6) is 0. The van der Waals surface area contributed by atoms with E-state index < -0.39 is 15.7 Å². The highest BCUT2D eigenvalue weighted by Crippen LogP contribution is 2.00. The highest BCUT2D eigenvalue weighted by molar-refractivity contribution is 7.87. The van der Waals surface area contributed by atoms with Gasteiger partial charge < -0.3 is 5.73 Å². The van der Waals surface area contributed by atoms with Gasteiger partial charge in [0, 0.05) is 18.5 Å². The quantitative estimate of drug-likeness (QED) is 0.584. The third kappa shape index (κ3) is 8.36. The molecule has 0 unspecified atom stereocenters. The lowest BCUT2D eigenvalue weighted by Crippen LogP contribution is -2.47. The number of rotatable bonds is 5. The molecule has 0 atom stereocenters. The van der Waals surface area contributed by atoms with Gasteiger partial charge in [-0.05, 0) is 20.8 Å². The first-order valence-corrected chi connectivity index (χ1v) is 6.08. The van der Waals surface area contributed by atoms with Crippen molar-refractivity contribution in [2.75, 3.05) is 6.54 Å². The molecule has 14 heavy (non-hydrogen) atoms. The topological polar surface area (TPSA) is 84.2 Å². The maximum atomic E-state index is 11.3. The minimum atomic E-state index is -3.45. The van der Waals surface area contributed by atoms with Crippen LogP contribution >= 0.6 is 12.2 Å². The van der Waals surface area contributed by atoms with Gasteiger partial charge in [0.2, 0.25) is 0 Å². The monoisotopic (exact) mass is 239 g/mol. The van der Waals surface area contributed by atoms with Crippen LogP contribution in [0.15, 0.2) is 0 Å². The summed E-state index contributed by atoms with van der Waals surface area (Å²) in [6.45, 7) is 5.51. The summed E-state index contributed by atoms with van der Waals surface area (Å²) in [6.07, 6.45) is 0.361. The van der Waals surface area contributed by atoms with E-state index in [0.717, 1.165) is 0 Å². The molecule has 4 N–H and O–H groups in total. The highest BCUT2D eigenvalue weighted by atomic mass is 32.2. The zero-order valence-electron chi connectivity index (χ0n) is 8.62. The maximum absolute atomic E-state index is 11.3. The molecule has 7 heteroatoms. The smallest absolute Gasteiger partial charge is 0.277 e. The maximum Gasteiger partial charge on any atom is 0.277 e. The van der Waals surface area contributed by atoms with Gasteiger partial charge in [0.15, 0.2) is 0 Å². The van der Waals surface area contributed by atoms with E-state index in [1.165, 1.54) is 0 Å². The lowest BCUT2D eigenvalue weighted by atomic mass is 10.1. The van der Waals surface area contributed by atoms with Crippen LogP contribution in [0.4, 0.5) is 0 Å². The van der Waals surface area contributed by atoms with Gasteiger partial charge in [-0.3, -0.25) is 0 Å². The van der Waals surface area contributed by atoms with Crippen molar-refractivity contribution < 1.29 is 8.42 Å². The number of hydrogen-bond acceptors (Lipinski definition) is 3. The first-order valence-electron chi connectivity index (χ1n) is 4.19. The molecule has 84 valence electrons. The Hall–Kier alpha value is -0.240. The molecule has 0 aliphatic rings. The Morgan fingerprint density at radius 3 is 2.29 bits per heavy atom. The number of nitrogens with one attached hydrogen (secondary N) is 2. The van der Waals surface area contributed by atoms with Crippen molar-refractivity contribution in [1.82, 2.24) is 9.44 Å². The van der Waals surface area contributed by atoms with Crippen molar-refractivity contribution in [1.29, 1.82) is 0 Å². The van der Waals surface area contributed by atoms with Gasteiger partial charge in [-0.25, -0.2) is 4.72 Å². The van der Waals surface area contributed by atoms with Gasteiger partial charge in [0.25, 0.3) is 10.2 Å². The highest BCUT2D eigenvalue weighted by Gasteiger charge is 2.18. The molecule has 0 aromatic carbocycles. The van der Waals surface area contributed by atoms with Gasteiger partial charge in [-0.2, -0.15) is 13.1 Å². The first-order chi connectivity index (χ1) is 6.12. The minimum absolute atomic E-state index is 0.223. The third-order valence-corrected chi connectivity index (χ3v) is 2.77. The average molecular weight is 239 g/mol. The summed E-state index contributed by atoms with van der Waals surface area (Å²) < 4.78 is 27.4. The number of thiocarbonyl (C=S) groups is 1. The zero-order chi connectivity index (χ0) is 11.4. The first kappa shape index (κ1) is 13.8. The lowest BCUT2D eigenvalue weighted by Gasteiger charge is -2.20. The molecule has 0 bridgehead atoms. The van der Waals surface area contributed by atoms with E-state index in [-0.39, 0.29) is 6.54 Å². The molecular weight excluding hydrogens is 222 g/mol. The molecule has 0 aliphatic carbocycles. The Bertz CT molecular complexity index is 293. The Morgan fingerprint density at radius 1 is 1.43 bits per heavy atom. The Kier molecular flexibility index (Phi) is 4.93. The fraction of sp³-hybridized carbons (Fsp3) is 0.857. The molecule has 0 spiro atoms. The second kappa shape index (κ2) is 5.01. The number of hydrogen-bond donors (Lipinski definition) is 3. The standard InChI is InChI=1S/C7H17N3O2S2/c1-7(2,3)10-14(11,12)9-5-4-6(8)13/h9-10H,4-5H2,1-3H3,(H2,8,13). The van der Waals surface area contributed by atoms with Crippen LogP contribution in [-0.2, 0) is 10.2 Å². The average Bonchev–Trinajstić information content (AvgIpc) is 1.78. The van der Waals surface area contributed by atoms with E-state index in [1.807, 2.05) is 0 Å². The van der Waals surface area contributed by atoms with Crippen LogP contribution in [0, 0.1) is 0 Å². The third-order valence-electron chi connectivity index (χ3n) is 1.10. The lowest BCUT2D eigenvalue weighted by molar-refractivity contribution is 0.484. The fourth-order valence-electron chi connectivity index (χ4n) is 0.748. The molecule has 0 fully saturated rings. The molecule has 0 aliphatic heterocycles. The summed E-state index contributed by atoms with van der Waals surface area (Å²) in [7, 11) is -3.45. The van der Waals surface area contributed by atoms with Gasteiger partial charge in [0.1, 0.15) is 0 Å². The van der Waals surface area contributed by atoms with Crippen LogP contribution in [0.25, 0.3) is 0 Å². The number of nitrogens with two attached hydrogens (primary N) is 1. The normalized spacial score (nSPS) is 12.8. The van der Waals surface area contributed by atoms with Crippen molar-refractivity contribution in [3.05, 3.63) is 0 Å². The zero-order valence-corrected chi connectivity index (χ0v) is 10.3. The van der Waals surface area contributed by atoms with E-state index in [9.17, 15) is 8.42 Å². The summed E-state index contributed by atoms with van der Waals surface area (Å²) in [4.78, 5) is 0.295. The predicted octanol–water partition coefficient (Wildman–Crippen LogP) is -0.115. The van der Waals surface area contributed by atoms with Gasteiger partial charge in [0.05, 0.1) is 4.99 Å². The van der Waals surface area contributed by atoms with Crippen LogP contribution in [0.3, 0.4) is 0 Å². The van der Waals surface area contributed by atoms with Gasteiger partial charge in [-0.1, -0.05) is 12.2 Å². The van der Waals surface area contributed by atoms with Crippen LogP contribution in [0.1, 0.15) is 27.2 Å². The Labute approximate surface area is 90.6 Å². The summed E-state index contributed by atoms with van der Waals surface area (Å²) >= 11 is 4.62. The predicted molar refractivity (Wildman–Crippen MR) is 61.2 cm³/mol. The van der Waals surface area contributed by atoms with E-state index in [2.05, 4.69) is 21.7 Å². The molecule has 0 rings (SSSR count). The van der Waals surface area contributed by atoms with Crippen molar-refractivity contribution in [3.63, 3.8) is 0 Å². The van der Waals surface area contributed by atoms with Crippen LogP contribution in [0.5, 0.6) is 0 Å². The largest absolute Gasteiger partial charge is 0.393 e. The molecule has 0 aromatic rings. The van der Waals surface area contributed by atoms with Gasteiger partial charge in [-0.15, -0.1) is 0 Å². The molecule has 5 nitrogen and oxygen atoms in total. The molecule has 0 heterocycles. The van der Waals surface area contributed by atoms with Crippen molar-refractivity contribution in [3.8, 4) is 0 Å². The van der Waals surface area contributed by atoms with E-state index >= 15 is 0 Å². The molecular formula is C7H17N3O2S2. The SMILES string of the molecule is CC(C)(C)NS(=O)(=O)NCCC(N)=S. The Balaban J connectivity index is 4.04. The molecule has 0 amide bonds. The van der Waals surface area contributed by atoms with Crippen LogP contribution < -0.4 is 15.2 Å². The summed E-state index contributed by atoms with van der Waals surface area (Å²) in [5, 5.41) is 0. The van der Waals surface area contributed by atoms with E-state index in [0.29, 0.717) is 11.4 Å². The molecule has 0 radical (unpaired) electrons. The molecule has 0 saturated carbocycles. The summed E-state index contributed by atoms with van der Waals surface area (Å²) in [6, 6.07) is 0. The van der Waals surface area contributed by atoms with Crippen LogP contribution in [0.2, 0.25) is 0 Å². The second-order valence-corrected chi connectivity index (χ2v) is 5.99. The second-order valence-electron chi connectivity index (χ2n) is 3.97. The van der Waals surface area contributed by atoms with E-state index in [1.54, 1.807) is 20.8 Å². The molecule has 0 saturated heterocycles. The van der Waals surface area contributed by atoms with E-state index in [4.69, 9.17) is 5.73 Å². The van der Waals surface area contributed by atoms with Gasteiger partial charge >= 0.3 is 0 Å². The van der Waals surface area contributed by atoms with Crippen molar-refractivity contribution in [2.45, 2.75) is 32.7 Å².